The maximum Gasteiger partial charge on any atom is 0.227 e. The van der Waals surface area contributed by atoms with Crippen LogP contribution in [0.5, 0.6) is 0 Å². The molecule has 7 rings (SSSR count). The molecule has 0 spiro atoms. The first-order valence-electron chi connectivity index (χ1n) is 14.3. The van der Waals surface area contributed by atoms with Gasteiger partial charge in [-0.05, 0) is 65.9 Å². The van der Waals surface area contributed by atoms with Gasteiger partial charge in [-0.2, -0.15) is 0 Å². The number of pyridine rings is 1. The minimum absolute atomic E-state index is 0.142. The summed E-state index contributed by atoms with van der Waals surface area (Å²) in [5, 5.41) is 5.44. The molecule has 1 amide bonds. The summed E-state index contributed by atoms with van der Waals surface area (Å²) in [5.41, 5.74) is 8.55. The number of H-pyrrole nitrogens is 1. The normalized spacial score (nSPS) is 13.7. The first-order chi connectivity index (χ1) is 20.2. The molecule has 5 heteroatoms. The Kier molecular flexibility index (Phi) is 7.03. The molecule has 202 valence electrons. The van der Waals surface area contributed by atoms with Crippen LogP contribution >= 0.6 is 11.8 Å². The highest BCUT2D eigenvalue weighted by molar-refractivity contribution is 7.98. The minimum Gasteiger partial charge on any atom is -0.339 e. The van der Waals surface area contributed by atoms with E-state index in [4.69, 9.17) is 4.98 Å². The Balaban J connectivity index is 1.29. The van der Waals surface area contributed by atoms with E-state index in [0.717, 1.165) is 75.9 Å². The number of thioether (sulfide) groups is 1. The van der Waals surface area contributed by atoms with E-state index in [1.165, 1.54) is 15.8 Å². The number of benzene rings is 4. The van der Waals surface area contributed by atoms with Gasteiger partial charge in [-0.3, -0.25) is 4.79 Å². The summed E-state index contributed by atoms with van der Waals surface area (Å²) in [6.45, 7) is 0. The van der Waals surface area contributed by atoms with Gasteiger partial charge in [-0.1, -0.05) is 79.6 Å². The highest BCUT2D eigenvalue weighted by atomic mass is 32.2. The van der Waals surface area contributed by atoms with Gasteiger partial charge in [0.05, 0.1) is 0 Å². The predicted octanol–water partition coefficient (Wildman–Crippen LogP) is 9.47. The lowest BCUT2D eigenvalue weighted by Crippen LogP contribution is -2.20. The van der Waals surface area contributed by atoms with Crippen molar-refractivity contribution in [2.24, 2.45) is 5.92 Å². The fourth-order valence-corrected chi connectivity index (χ4v) is 6.83. The second kappa shape index (κ2) is 11.3. The molecule has 2 N–H and O–H groups in total. The molecule has 0 bridgehead atoms. The molecular weight excluding hydrogens is 522 g/mol. The lowest BCUT2D eigenvalue weighted by atomic mass is 9.92. The number of carbonyl (C=O) groups excluding carboxylic acids is 1. The molecule has 1 aliphatic carbocycles. The Morgan fingerprint density at radius 1 is 0.854 bits per heavy atom. The van der Waals surface area contributed by atoms with Crippen LogP contribution in [0.25, 0.3) is 44.2 Å². The van der Waals surface area contributed by atoms with Gasteiger partial charge in [0.1, 0.15) is 5.65 Å². The first-order valence-corrected chi connectivity index (χ1v) is 15.3. The van der Waals surface area contributed by atoms with Gasteiger partial charge >= 0.3 is 0 Å². The van der Waals surface area contributed by atoms with Crippen molar-refractivity contribution in [3.63, 3.8) is 0 Å². The van der Waals surface area contributed by atoms with Crippen LogP contribution in [-0.2, 0) is 10.5 Å². The van der Waals surface area contributed by atoms with Crippen molar-refractivity contribution in [2.45, 2.75) is 36.3 Å². The molecule has 41 heavy (non-hydrogen) atoms. The Bertz CT molecular complexity index is 1820. The zero-order chi connectivity index (χ0) is 27.6. The molecule has 4 aromatic carbocycles. The number of rotatable bonds is 7. The maximum atomic E-state index is 12.7. The van der Waals surface area contributed by atoms with Crippen molar-refractivity contribution in [2.75, 3.05) is 5.32 Å². The molecule has 2 heterocycles. The number of hydrogen-bond donors (Lipinski definition) is 2. The molecule has 1 fully saturated rings. The van der Waals surface area contributed by atoms with Crippen LogP contribution < -0.4 is 5.32 Å². The van der Waals surface area contributed by atoms with Gasteiger partial charge in [0.25, 0.3) is 0 Å². The Labute approximate surface area is 244 Å². The smallest absolute Gasteiger partial charge is 0.227 e. The third kappa shape index (κ3) is 5.25. The lowest BCUT2D eigenvalue weighted by molar-refractivity contribution is -0.119. The number of hydrogen-bond acceptors (Lipinski definition) is 3. The van der Waals surface area contributed by atoms with Crippen molar-refractivity contribution in [3.05, 3.63) is 115 Å². The summed E-state index contributed by atoms with van der Waals surface area (Å²) in [7, 11) is 0. The van der Waals surface area contributed by atoms with Crippen molar-refractivity contribution in [1.29, 1.82) is 0 Å². The Morgan fingerprint density at radius 2 is 1.59 bits per heavy atom. The summed E-state index contributed by atoms with van der Waals surface area (Å²) in [5.74, 6) is 1.18. The van der Waals surface area contributed by atoms with Crippen LogP contribution in [0.2, 0.25) is 0 Å². The number of carbonyl (C=O) groups is 1. The van der Waals surface area contributed by atoms with Crippen LogP contribution in [-0.4, -0.2) is 15.9 Å². The number of aromatic amines is 1. The van der Waals surface area contributed by atoms with Crippen LogP contribution in [0.15, 0.2) is 114 Å². The average Bonchev–Trinajstić information content (AvgIpc) is 3.70. The van der Waals surface area contributed by atoms with E-state index >= 15 is 0 Å². The highest BCUT2D eigenvalue weighted by Gasteiger charge is 2.23. The molecule has 0 unspecified atom stereocenters. The molecule has 1 saturated carbocycles. The highest BCUT2D eigenvalue weighted by Crippen LogP contribution is 2.41. The summed E-state index contributed by atoms with van der Waals surface area (Å²) < 4.78 is 0. The number of fused-ring (bicyclic) bond motifs is 3. The van der Waals surface area contributed by atoms with E-state index in [0.29, 0.717) is 0 Å². The van der Waals surface area contributed by atoms with Crippen LogP contribution in [0.4, 0.5) is 5.69 Å². The zero-order valence-corrected chi connectivity index (χ0v) is 23.6. The summed E-state index contributed by atoms with van der Waals surface area (Å²) in [4.78, 5) is 22.4. The van der Waals surface area contributed by atoms with Gasteiger partial charge in [0, 0.05) is 55.9 Å². The molecule has 0 radical (unpaired) electrons. The predicted molar refractivity (Wildman–Crippen MR) is 171 cm³/mol. The quantitative estimate of drug-likeness (QED) is 0.194. The van der Waals surface area contributed by atoms with Gasteiger partial charge in [0.15, 0.2) is 0 Å². The monoisotopic (exact) mass is 553 g/mol. The van der Waals surface area contributed by atoms with Crippen LogP contribution in [0.3, 0.4) is 0 Å². The molecule has 0 aliphatic heterocycles. The third-order valence-electron chi connectivity index (χ3n) is 8.09. The number of aromatic nitrogens is 2. The van der Waals surface area contributed by atoms with Crippen LogP contribution in [0.1, 0.15) is 31.2 Å². The van der Waals surface area contributed by atoms with Crippen molar-refractivity contribution in [1.82, 2.24) is 9.97 Å². The molecule has 0 atom stereocenters. The summed E-state index contributed by atoms with van der Waals surface area (Å²) in [6.07, 6.45) is 6.25. The molecular formula is C36H31N3OS. The second-order valence-electron chi connectivity index (χ2n) is 10.8. The zero-order valence-electron chi connectivity index (χ0n) is 22.8. The van der Waals surface area contributed by atoms with Crippen molar-refractivity contribution in [3.8, 4) is 22.3 Å². The molecule has 2 aromatic heterocycles. The van der Waals surface area contributed by atoms with Gasteiger partial charge in [-0.15, -0.1) is 11.8 Å². The van der Waals surface area contributed by atoms with E-state index in [-0.39, 0.29) is 11.8 Å². The van der Waals surface area contributed by atoms with E-state index in [1.54, 1.807) is 0 Å². The van der Waals surface area contributed by atoms with E-state index in [2.05, 4.69) is 101 Å². The average molecular weight is 554 g/mol. The standard InChI is InChI=1S/C36H31N3OS/c40-36(27-11-7-8-12-27)38-28-18-16-25(17-19-28)31-22-37-35-34(33(31)26-9-3-1-4-10-26)30-21-24(15-20-32(30)39-35)23-41-29-13-5-2-6-14-29/h1-6,9-10,13-22,27H,7-8,11-12,23H2,(H,37,39)(H,38,40). The van der Waals surface area contributed by atoms with Crippen LogP contribution in [0, 0.1) is 5.92 Å². The largest absolute Gasteiger partial charge is 0.339 e. The fourth-order valence-electron chi connectivity index (χ4n) is 5.97. The van der Waals surface area contributed by atoms with Crippen molar-refractivity contribution >= 4 is 45.3 Å². The Morgan fingerprint density at radius 3 is 2.34 bits per heavy atom. The number of nitrogens with zero attached hydrogens (tertiary/aromatic N) is 1. The van der Waals surface area contributed by atoms with Gasteiger partial charge in [0.2, 0.25) is 5.91 Å². The second-order valence-corrected chi connectivity index (χ2v) is 11.8. The third-order valence-corrected chi connectivity index (χ3v) is 9.17. The molecule has 1 aliphatic rings. The lowest BCUT2D eigenvalue weighted by Gasteiger charge is -2.14. The summed E-state index contributed by atoms with van der Waals surface area (Å²) >= 11 is 1.85. The molecule has 6 aromatic rings. The first kappa shape index (κ1) is 25.6. The maximum absolute atomic E-state index is 12.7. The number of anilines is 1. The van der Waals surface area contributed by atoms with E-state index < -0.39 is 0 Å². The SMILES string of the molecule is O=C(Nc1ccc(-c2cnc3[nH]c4ccc(CSc5ccccc5)cc4c3c2-c2ccccc2)cc1)C1CCCC1. The van der Waals surface area contributed by atoms with E-state index in [9.17, 15) is 4.79 Å². The topological polar surface area (TPSA) is 57.8 Å². The minimum atomic E-state index is 0.142. The van der Waals surface area contributed by atoms with Gasteiger partial charge in [-0.25, -0.2) is 4.98 Å². The number of nitrogens with one attached hydrogen (secondary N) is 2. The fraction of sp³-hybridized carbons (Fsp3) is 0.167. The van der Waals surface area contributed by atoms with E-state index in [1.807, 2.05) is 30.1 Å². The summed E-state index contributed by atoms with van der Waals surface area (Å²) in [6, 6.07) is 36.0. The molecule has 0 saturated heterocycles. The van der Waals surface area contributed by atoms with Gasteiger partial charge < -0.3 is 10.3 Å². The Hall–Kier alpha value is -4.35. The van der Waals surface area contributed by atoms with Crippen molar-refractivity contribution < 1.29 is 4.79 Å². The number of amides is 1. The molecule has 4 nitrogen and oxygen atoms in total.